The summed E-state index contributed by atoms with van der Waals surface area (Å²) < 4.78 is 3.18. The van der Waals surface area contributed by atoms with Gasteiger partial charge < -0.3 is 19.7 Å². The lowest BCUT2D eigenvalue weighted by Crippen LogP contribution is -2.65. The molecular weight excluding hydrogens is 408 g/mol. The lowest BCUT2D eigenvalue weighted by molar-refractivity contribution is -0.133. The van der Waals surface area contributed by atoms with Crippen LogP contribution in [0, 0.1) is 0 Å². The fourth-order valence-electron chi connectivity index (χ4n) is 5.17. The molecule has 1 aliphatic heterocycles. The van der Waals surface area contributed by atoms with Crippen LogP contribution in [0.3, 0.4) is 0 Å². The van der Waals surface area contributed by atoms with Crippen molar-refractivity contribution in [1.82, 2.24) is 19.7 Å². The summed E-state index contributed by atoms with van der Waals surface area (Å²) in [5, 5.41) is 5.40. The number of carbonyl (C=O) groups excluding carboxylic acids is 2. The number of amides is 2. The van der Waals surface area contributed by atoms with Crippen LogP contribution in [0.25, 0.3) is 10.2 Å². The third-order valence-electron chi connectivity index (χ3n) is 7.26. The quantitative estimate of drug-likeness (QED) is 0.654. The zero-order valence-electron chi connectivity index (χ0n) is 19.2. The first kappa shape index (κ1) is 22.3. The number of hydrogen-bond donors (Lipinski definition) is 1. The maximum Gasteiger partial charge on any atom is 0.271 e. The van der Waals surface area contributed by atoms with Crippen LogP contribution in [-0.2, 0) is 11.3 Å². The first-order chi connectivity index (χ1) is 15.0. The van der Waals surface area contributed by atoms with Crippen LogP contribution >= 0.6 is 11.3 Å². The zero-order chi connectivity index (χ0) is 22.0. The number of carbonyl (C=O) groups is 2. The lowest BCUT2D eigenvalue weighted by atomic mass is 9.93. The maximum absolute atomic E-state index is 13.7. The molecule has 3 heterocycles. The molecule has 31 heavy (non-hydrogen) atoms. The number of rotatable bonds is 7. The number of hydrogen-bond acceptors (Lipinski definition) is 4. The summed E-state index contributed by atoms with van der Waals surface area (Å²) in [7, 11) is 0. The molecular formula is C24H36N4O2S. The first-order valence-corrected chi connectivity index (χ1v) is 12.8. The normalized spacial score (nSPS) is 22.7. The van der Waals surface area contributed by atoms with Crippen molar-refractivity contribution < 1.29 is 9.59 Å². The summed E-state index contributed by atoms with van der Waals surface area (Å²) >= 11 is 1.65. The molecule has 0 saturated heterocycles. The molecule has 0 radical (unpaired) electrons. The van der Waals surface area contributed by atoms with Gasteiger partial charge in [0.15, 0.2) is 0 Å². The molecule has 1 fully saturated rings. The Kier molecular flexibility index (Phi) is 6.72. The monoisotopic (exact) mass is 444 g/mol. The van der Waals surface area contributed by atoms with E-state index in [2.05, 4.69) is 40.1 Å². The molecule has 1 aliphatic carbocycles. The largest absolute Gasteiger partial charge is 0.351 e. The van der Waals surface area contributed by atoms with E-state index in [0.717, 1.165) is 42.7 Å². The van der Waals surface area contributed by atoms with Crippen LogP contribution in [0.1, 0.15) is 69.8 Å². The van der Waals surface area contributed by atoms with Gasteiger partial charge in [0.05, 0.1) is 16.8 Å². The number of nitrogens with zero attached hydrogens (tertiary/aromatic N) is 3. The van der Waals surface area contributed by atoms with Crippen LogP contribution in [0.5, 0.6) is 0 Å². The van der Waals surface area contributed by atoms with Crippen LogP contribution in [0.15, 0.2) is 17.5 Å². The van der Waals surface area contributed by atoms with Crippen molar-refractivity contribution in [1.29, 1.82) is 0 Å². The van der Waals surface area contributed by atoms with E-state index in [0.29, 0.717) is 18.8 Å². The number of fused-ring (bicyclic) bond motifs is 3. The zero-order valence-corrected chi connectivity index (χ0v) is 20.0. The molecule has 7 heteroatoms. The lowest BCUT2D eigenvalue weighted by Gasteiger charge is -2.45. The maximum atomic E-state index is 13.7. The Labute approximate surface area is 189 Å². The van der Waals surface area contributed by atoms with Crippen LogP contribution in [0.4, 0.5) is 0 Å². The summed E-state index contributed by atoms with van der Waals surface area (Å²) in [6.07, 6.45) is 6.92. The van der Waals surface area contributed by atoms with Gasteiger partial charge >= 0.3 is 0 Å². The first-order valence-electron chi connectivity index (χ1n) is 11.9. The van der Waals surface area contributed by atoms with Crippen molar-refractivity contribution in [2.45, 2.75) is 77.4 Å². The van der Waals surface area contributed by atoms with Gasteiger partial charge in [-0.05, 0) is 50.4 Å². The van der Waals surface area contributed by atoms with Crippen molar-refractivity contribution in [2.75, 3.05) is 26.2 Å². The van der Waals surface area contributed by atoms with E-state index in [1.807, 2.05) is 17.9 Å². The predicted octanol–water partition coefficient (Wildman–Crippen LogP) is 4.10. The third kappa shape index (κ3) is 4.27. The topological polar surface area (TPSA) is 57.6 Å². The molecule has 1 unspecified atom stereocenters. The van der Waals surface area contributed by atoms with E-state index < -0.39 is 5.54 Å². The summed E-state index contributed by atoms with van der Waals surface area (Å²) in [4.78, 5) is 31.5. The summed E-state index contributed by atoms with van der Waals surface area (Å²) in [5.41, 5.74) is 0.878. The van der Waals surface area contributed by atoms with Gasteiger partial charge in [-0.1, -0.05) is 39.5 Å². The van der Waals surface area contributed by atoms with Crippen molar-refractivity contribution >= 4 is 33.4 Å². The average molecular weight is 445 g/mol. The predicted molar refractivity (Wildman–Crippen MR) is 127 cm³/mol. The second-order valence-corrected chi connectivity index (χ2v) is 10.2. The van der Waals surface area contributed by atoms with E-state index in [1.54, 1.807) is 11.3 Å². The molecule has 2 amide bonds. The Bertz CT molecular complexity index is 923. The molecule has 0 bridgehead atoms. The smallest absolute Gasteiger partial charge is 0.271 e. The van der Waals surface area contributed by atoms with Crippen LogP contribution < -0.4 is 5.32 Å². The van der Waals surface area contributed by atoms with Gasteiger partial charge in [0.2, 0.25) is 5.91 Å². The Morgan fingerprint density at radius 3 is 2.61 bits per heavy atom. The van der Waals surface area contributed by atoms with E-state index in [9.17, 15) is 9.59 Å². The SMILES string of the molecule is CCN(CC)CCN1C(=O)c2cc3sccc3n2CC1(C)C(=O)NC1CCCCCC1. The van der Waals surface area contributed by atoms with Crippen molar-refractivity contribution in [3.8, 4) is 0 Å². The highest BCUT2D eigenvalue weighted by Crippen LogP contribution is 2.34. The van der Waals surface area contributed by atoms with Gasteiger partial charge in [0.25, 0.3) is 5.91 Å². The molecule has 4 rings (SSSR count). The Morgan fingerprint density at radius 1 is 1.23 bits per heavy atom. The number of nitrogens with one attached hydrogen (secondary N) is 1. The molecule has 2 aliphatic rings. The number of likely N-dealkylation sites (N-methyl/N-ethyl adjacent to an activating group) is 1. The number of thiophene rings is 1. The van der Waals surface area contributed by atoms with Gasteiger partial charge in [0, 0.05) is 19.1 Å². The second-order valence-electron chi connectivity index (χ2n) is 9.21. The molecule has 1 saturated carbocycles. The van der Waals surface area contributed by atoms with E-state index in [-0.39, 0.29) is 17.9 Å². The fraction of sp³-hybridized carbons (Fsp3) is 0.667. The van der Waals surface area contributed by atoms with Gasteiger partial charge in [-0.2, -0.15) is 0 Å². The van der Waals surface area contributed by atoms with Crippen LogP contribution in [-0.4, -0.2) is 63.9 Å². The summed E-state index contributed by atoms with van der Waals surface area (Å²) in [5.74, 6) is -0.0321. The summed E-state index contributed by atoms with van der Waals surface area (Å²) in [6.45, 7) is 9.96. The highest BCUT2D eigenvalue weighted by Gasteiger charge is 2.48. The minimum absolute atomic E-state index is 0.00461. The number of aromatic nitrogens is 1. The molecule has 1 N–H and O–H groups in total. The molecule has 2 aromatic rings. The standard InChI is InChI=1S/C24H36N4O2S/c1-4-26(5-2)13-14-28-22(29)20-16-21-19(12-15-31-21)27(20)17-24(28,3)23(30)25-18-10-8-6-7-9-11-18/h12,15-16,18H,4-11,13-14,17H2,1-3H3,(H,25,30). The van der Waals surface area contributed by atoms with Gasteiger partial charge in [0.1, 0.15) is 11.2 Å². The Morgan fingerprint density at radius 2 is 1.94 bits per heavy atom. The Hall–Kier alpha value is -1.86. The van der Waals surface area contributed by atoms with E-state index in [1.165, 1.54) is 25.7 Å². The summed E-state index contributed by atoms with van der Waals surface area (Å²) in [6, 6.07) is 4.28. The highest BCUT2D eigenvalue weighted by atomic mass is 32.1. The molecule has 2 aromatic heterocycles. The van der Waals surface area contributed by atoms with E-state index in [4.69, 9.17) is 0 Å². The third-order valence-corrected chi connectivity index (χ3v) is 8.12. The molecule has 0 aromatic carbocycles. The van der Waals surface area contributed by atoms with Gasteiger partial charge in [-0.3, -0.25) is 9.59 Å². The van der Waals surface area contributed by atoms with Gasteiger partial charge in [-0.15, -0.1) is 11.3 Å². The van der Waals surface area contributed by atoms with E-state index >= 15 is 0 Å². The second kappa shape index (κ2) is 9.33. The minimum Gasteiger partial charge on any atom is -0.351 e. The molecule has 170 valence electrons. The molecule has 0 spiro atoms. The molecule has 6 nitrogen and oxygen atoms in total. The Balaban J connectivity index is 1.64. The highest BCUT2D eigenvalue weighted by molar-refractivity contribution is 7.17. The fourth-order valence-corrected chi connectivity index (χ4v) is 5.99. The molecule has 1 atom stereocenters. The average Bonchev–Trinajstić information content (AvgIpc) is 3.25. The van der Waals surface area contributed by atoms with Crippen molar-refractivity contribution in [3.05, 3.63) is 23.2 Å². The van der Waals surface area contributed by atoms with Crippen molar-refractivity contribution in [2.24, 2.45) is 0 Å². The van der Waals surface area contributed by atoms with Gasteiger partial charge in [-0.25, -0.2) is 0 Å². The minimum atomic E-state index is -0.891. The van der Waals surface area contributed by atoms with Crippen LogP contribution in [0.2, 0.25) is 0 Å². The van der Waals surface area contributed by atoms with Crippen molar-refractivity contribution in [3.63, 3.8) is 0 Å².